The third-order valence-electron chi connectivity index (χ3n) is 2.85. The van der Waals surface area contributed by atoms with E-state index in [2.05, 4.69) is 5.32 Å². The van der Waals surface area contributed by atoms with E-state index in [1.165, 1.54) is 12.1 Å². The molecule has 0 aliphatic carbocycles. The van der Waals surface area contributed by atoms with E-state index in [4.69, 9.17) is 17.3 Å². The van der Waals surface area contributed by atoms with Gasteiger partial charge in [0.05, 0.1) is 5.56 Å². The number of nitrogens with two attached hydrogens (primary N) is 1. The van der Waals surface area contributed by atoms with E-state index in [1.807, 2.05) is 18.2 Å². The lowest BCUT2D eigenvalue weighted by atomic mass is 10.1. The smallest absolute Gasteiger partial charge is 0.253 e. The molecule has 0 aromatic heterocycles. The van der Waals surface area contributed by atoms with Crippen molar-refractivity contribution in [1.82, 2.24) is 5.32 Å². The van der Waals surface area contributed by atoms with Gasteiger partial charge in [0.15, 0.2) is 0 Å². The van der Waals surface area contributed by atoms with Crippen molar-refractivity contribution >= 4 is 23.2 Å². The highest BCUT2D eigenvalue weighted by atomic mass is 35.5. The van der Waals surface area contributed by atoms with Crippen LogP contribution in [0.2, 0.25) is 5.02 Å². The predicted molar refractivity (Wildman–Crippen MR) is 78.3 cm³/mol. The summed E-state index contributed by atoms with van der Waals surface area (Å²) in [6.07, 6.45) is 0.660. The van der Waals surface area contributed by atoms with Crippen molar-refractivity contribution in [3.8, 4) is 0 Å². The molecule has 2 aromatic carbocycles. The van der Waals surface area contributed by atoms with Crippen LogP contribution < -0.4 is 11.1 Å². The maximum absolute atomic E-state index is 12.9. The zero-order chi connectivity index (χ0) is 14.5. The van der Waals surface area contributed by atoms with Crippen molar-refractivity contribution in [1.29, 1.82) is 0 Å². The number of hydrogen-bond acceptors (Lipinski definition) is 2. The number of carbonyl (C=O) groups excluding carboxylic acids is 1. The van der Waals surface area contributed by atoms with E-state index in [0.717, 1.165) is 11.6 Å². The first-order valence-electron chi connectivity index (χ1n) is 6.14. The fourth-order valence-electron chi connectivity index (χ4n) is 1.85. The monoisotopic (exact) mass is 292 g/mol. The minimum atomic E-state index is -0.460. The van der Waals surface area contributed by atoms with Gasteiger partial charge in [-0.3, -0.25) is 4.79 Å². The Morgan fingerprint density at radius 2 is 2.05 bits per heavy atom. The summed E-state index contributed by atoms with van der Waals surface area (Å²) in [5, 5.41) is 3.41. The molecule has 2 rings (SSSR count). The maximum atomic E-state index is 12.9. The van der Waals surface area contributed by atoms with Crippen molar-refractivity contribution in [2.75, 3.05) is 12.3 Å². The van der Waals surface area contributed by atoms with Gasteiger partial charge in [-0.25, -0.2) is 4.39 Å². The third kappa shape index (κ3) is 3.71. The first-order chi connectivity index (χ1) is 9.56. The van der Waals surface area contributed by atoms with E-state index in [9.17, 15) is 9.18 Å². The Kier molecular flexibility index (Phi) is 4.58. The number of amides is 1. The van der Waals surface area contributed by atoms with Gasteiger partial charge in [-0.1, -0.05) is 23.7 Å². The molecule has 0 bridgehead atoms. The van der Waals surface area contributed by atoms with Crippen molar-refractivity contribution < 1.29 is 9.18 Å². The van der Waals surface area contributed by atoms with Crippen LogP contribution in [0.5, 0.6) is 0 Å². The lowest BCUT2D eigenvalue weighted by Gasteiger charge is -2.08. The number of nitrogen functional groups attached to an aromatic ring is 1. The standard InChI is InChI=1S/C15H14ClFN2O/c16-11-3-1-2-10(8-11)6-7-19-15(20)13-5-4-12(17)9-14(13)18/h1-5,8-9H,6-7,18H2,(H,19,20). The Labute approximate surface area is 121 Å². The SMILES string of the molecule is Nc1cc(F)ccc1C(=O)NCCc1cccc(Cl)c1. The first kappa shape index (κ1) is 14.3. The summed E-state index contributed by atoms with van der Waals surface area (Å²) in [7, 11) is 0. The molecule has 0 radical (unpaired) electrons. The Morgan fingerprint density at radius 3 is 2.75 bits per heavy atom. The van der Waals surface area contributed by atoms with Crippen LogP contribution in [0.4, 0.5) is 10.1 Å². The van der Waals surface area contributed by atoms with E-state index in [-0.39, 0.29) is 17.2 Å². The Bertz CT molecular complexity index is 631. The van der Waals surface area contributed by atoms with Gasteiger partial charge in [0, 0.05) is 17.3 Å². The quantitative estimate of drug-likeness (QED) is 0.851. The second kappa shape index (κ2) is 6.39. The highest BCUT2D eigenvalue weighted by molar-refractivity contribution is 6.30. The summed E-state index contributed by atoms with van der Waals surface area (Å²) in [5.41, 5.74) is 7.04. The normalized spacial score (nSPS) is 10.3. The molecule has 3 N–H and O–H groups in total. The van der Waals surface area contributed by atoms with Gasteiger partial charge in [-0.2, -0.15) is 0 Å². The third-order valence-corrected chi connectivity index (χ3v) is 3.08. The van der Waals surface area contributed by atoms with Crippen LogP contribution in [0.15, 0.2) is 42.5 Å². The summed E-state index contributed by atoms with van der Waals surface area (Å²) in [4.78, 5) is 11.9. The molecule has 20 heavy (non-hydrogen) atoms. The Hall–Kier alpha value is -2.07. The van der Waals surface area contributed by atoms with Crippen molar-refractivity contribution in [3.63, 3.8) is 0 Å². The van der Waals surface area contributed by atoms with Crippen LogP contribution in [0.1, 0.15) is 15.9 Å². The molecular formula is C15H14ClFN2O. The first-order valence-corrected chi connectivity index (χ1v) is 6.52. The second-order valence-electron chi connectivity index (χ2n) is 4.37. The number of halogens is 2. The summed E-state index contributed by atoms with van der Waals surface area (Å²) < 4.78 is 12.9. The molecule has 0 saturated heterocycles. The topological polar surface area (TPSA) is 55.1 Å². The van der Waals surface area contributed by atoms with Crippen LogP contribution >= 0.6 is 11.6 Å². The summed E-state index contributed by atoms with van der Waals surface area (Å²) in [6.45, 7) is 0.454. The van der Waals surface area contributed by atoms with Gasteiger partial charge in [-0.15, -0.1) is 0 Å². The molecule has 1 amide bonds. The zero-order valence-electron chi connectivity index (χ0n) is 10.7. The summed E-state index contributed by atoms with van der Waals surface area (Å²) in [6, 6.07) is 11.2. The molecule has 2 aromatic rings. The molecule has 3 nitrogen and oxygen atoms in total. The molecule has 0 saturated carbocycles. The highest BCUT2D eigenvalue weighted by Crippen LogP contribution is 2.13. The molecule has 0 unspecified atom stereocenters. The number of rotatable bonds is 4. The largest absolute Gasteiger partial charge is 0.398 e. The molecule has 0 aliphatic heterocycles. The molecule has 0 heterocycles. The molecule has 104 valence electrons. The highest BCUT2D eigenvalue weighted by Gasteiger charge is 2.09. The number of anilines is 1. The molecular weight excluding hydrogens is 279 g/mol. The van der Waals surface area contributed by atoms with E-state index in [0.29, 0.717) is 18.0 Å². The van der Waals surface area contributed by atoms with Crippen molar-refractivity contribution in [2.45, 2.75) is 6.42 Å². The fourth-order valence-corrected chi connectivity index (χ4v) is 2.06. The van der Waals surface area contributed by atoms with Gasteiger partial charge < -0.3 is 11.1 Å². The van der Waals surface area contributed by atoms with E-state index in [1.54, 1.807) is 6.07 Å². The van der Waals surface area contributed by atoms with Gasteiger partial charge >= 0.3 is 0 Å². The molecule has 0 fully saturated rings. The van der Waals surface area contributed by atoms with E-state index >= 15 is 0 Å². The number of carbonyl (C=O) groups is 1. The van der Waals surface area contributed by atoms with Crippen LogP contribution in [-0.2, 0) is 6.42 Å². The second-order valence-corrected chi connectivity index (χ2v) is 4.80. The van der Waals surface area contributed by atoms with Gasteiger partial charge in [-0.05, 0) is 42.3 Å². The minimum Gasteiger partial charge on any atom is -0.398 e. The number of hydrogen-bond donors (Lipinski definition) is 2. The van der Waals surface area contributed by atoms with Gasteiger partial charge in [0.1, 0.15) is 5.82 Å². The van der Waals surface area contributed by atoms with Crippen molar-refractivity contribution in [3.05, 3.63) is 64.4 Å². The molecule has 0 spiro atoms. The zero-order valence-corrected chi connectivity index (χ0v) is 11.5. The lowest BCUT2D eigenvalue weighted by molar-refractivity contribution is 0.0955. The average molecular weight is 293 g/mol. The average Bonchev–Trinajstić information content (AvgIpc) is 2.38. The Balaban J connectivity index is 1.92. The predicted octanol–water partition coefficient (Wildman–Crippen LogP) is 3.03. The maximum Gasteiger partial charge on any atom is 0.253 e. The number of benzene rings is 2. The lowest BCUT2D eigenvalue weighted by Crippen LogP contribution is -2.26. The minimum absolute atomic E-state index is 0.130. The molecule has 0 aliphatic rings. The van der Waals surface area contributed by atoms with E-state index < -0.39 is 5.82 Å². The fraction of sp³-hybridized carbons (Fsp3) is 0.133. The summed E-state index contributed by atoms with van der Waals surface area (Å²) >= 11 is 5.88. The van der Waals surface area contributed by atoms with Gasteiger partial charge in [0.25, 0.3) is 5.91 Å². The van der Waals surface area contributed by atoms with Crippen LogP contribution in [0.25, 0.3) is 0 Å². The molecule has 0 atom stereocenters. The number of nitrogens with one attached hydrogen (secondary N) is 1. The van der Waals surface area contributed by atoms with Crippen LogP contribution in [0.3, 0.4) is 0 Å². The van der Waals surface area contributed by atoms with Crippen LogP contribution in [0, 0.1) is 5.82 Å². The van der Waals surface area contributed by atoms with Crippen molar-refractivity contribution in [2.24, 2.45) is 0 Å². The Morgan fingerprint density at radius 1 is 1.25 bits per heavy atom. The summed E-state index contributed by atoms with van der Waals surface area (Å²) in [5.74, 6) is -0.775. The van der Waals surface area contributed by atoms with Crippen LogP contribution in [-0.4, -0.2) is 12.5 Å². The molecule has 5 heteroatoms. The van der Waals surface area contributed by atoms with Gasteiger partial charge in [0.2, 0.25) is 0 Å².